The molecule has 0 amide bonds. The lowest BCUT2D eigenvalue weighted by atomic mass is 9.99. The number of carboxylic acids is 1. The van der Waals surface area contributed by atoms with Crippen LogP contribution in [0.15, 0.2) is 58.3 Å². The van der Waals surface area contributed by atoms with E-state index in [1.54, 1.807) is 0 Å². The molecule has 1 aliphatic heterocycles. The van der Waals surface area contributed by atoms with Gasteiger partial charge in [-0.1, -0.05) is 0 Å². The van der Waals surface area contributed by atoms with Gasteiger partial charge in [-0.3, -0.25) is 0 Å². The molecule has 3 rings (SSSR count). The maximum absolute atomic E-state index is 12.6. The molecule has 1 heterocycles. The van der Waals surface area contributed by atoms with Gasteiger partial charge in [0.05, 0.1) is 9.79 Å². The van der Waals surface area contributed by atoms with Crippen LogP contribution < -0.4 is 4.74 Å². The zero-order valence-corrected chi connectivity index (χ0v) is 15.5. The molecule has 1 aliphatic rings. The molecule has 0 bridgehead atoms. The summed E-state index contributed by atoms with van der Waals surface area (Å²) in [5.74, 6) is -1.59. The van der Waals surface area contributed by atoms with Crippen molar-refractivity contribution < 1.29 is 48.2 Å². The fourth-order valence-corrected chi connectivity index (χ4v) is 4.00. The first kappa shape index (κ1) is 21.0. The lowest BCUT2D eigenvalue weighted by molar-refractivity contribution is -0.271. The SMILES string of the molecule is O=C(O)C1O[C@@H](Oc2ccc(S(=O)(=O)c3ccc(O)cc3)cc2)C(O)C(O)[C@H]1O. The molecule has 2 aromatic carbocycles. The topological polar surface area (TPSA) is 171 Å². The summed E-state index contributed by atoms with van der Waals surface area (Å²) in [5, 5.41) is 47.7. The molecule has 0 saturated carbocycles. The van der Waals surface area contributed by atoms with Crippen molar-refractivity contribution in [2.24, 2.45) is 0 Å². The van der Waals surface area contributed by atoms with Gasteiger partial charge in [-0.05, 0) is 48.5 Å². The van der Waals surface area contributed by atoms with Gasteiger partial charge in [0.2, 0.25) is 16.1 Å². The van der Waals surface area contributed by atoms with Gasteiger partial charge in [0.1, 0.15) is 29.8 Å². The molecular weight excluding hydrogens is 408 g/mol. The van der Waals surface area contributed by atoms with Crippen LogP contribution in [0.1, 0.15) is 0 Å². The Morgan fingerprint density at radius 3 is 1.90 bits per heavy atom. The largest absolute Gasteiger partial charge is 0.508 e. The molecule has 5 N–H and O–H groups in total. The maximum Gasteiger partial charge on any atom is 0.335 e. The molecule has 5 atom stereocenters. The van der Waals surface area contributed by atoms with E-state index in [1.165, 1.54) is 48.5 Å². The third-order valence-corrected chi connectivity index (χ3v) is 6.13. The van der Waals surface area contributed by atoms with Gasteiger partial charge in [0.15, 0.2) is 6.10 Å². The van der Waals surface area contributed by atoms with Crippen molar-refractivity contribution in [1.29, 1.82) is 0 Å². The normalized spacial score (nSPS) is 27.3. The number of phenols is 1. The number of sulfone groups is 1. The summed E-state index contributed by atoms with van der Waals surface area (Å²) in [6.07, 6.45) is -8.81. The first-order valence-corrected chi connectivity index (χ1v) is 9.83. The van der Waals surface area contributed by atoms with E-state index in [-0.39, 0.29) is 21.3 Å². The number of rotatable bonds is 5. The van der Waals surface area contributed by atoms with Gasteiger partial charge in [-0.15, -0.1) is 0 Å². The van der Waals surface area contributed by atoms with Crippen LogP contribution >= 0.6 is 0 Å². The minimum atomic E-state index is -3.85. The van der Waals surface area contributed by atoms with Crippen molar-refractivity contribution >= 4 is 15.8 Å². The number of aromatic hydroxyl groups is 1. The number of aliphatic hydroxyl groups excluding tert-OH is 3. The lowest BCUT2D eigenvalue weighted by Gasteiger charge is -2.38. The van der Waals surface area contributed by atoms with E-state index >= 15 is 0 Å². The Bertz CT molecular complexity index is 971. The standard InChI is InChI=1S/C18H18O10S/c19-9-1-5-11(6-2-9)29(25,26)12-7-3-10(4-8-12)27-18-15(22)13(20)14(21)16(28-18)17(23)24/h1-8,13-16,18-22H,(H,23,24)/t13?,14-,15?,16?,18-/m1/s1. The third kappa shape index (κ3) is 4.18. The average molecular weight is 426 g/mol. The highest BCUT2D eigenvalue weighted by Gasteiger charge is 2.48. The second-order valence-electron chi connectivity index (χ2n) is 6.32. The number of carbonyl (C=O) groups is 1. The molecule has 1 saturated heterocycles. The maximum atomic E-state index is 12.6. The Morgan fingerprint density at radius 1 is 0.862 bits per heavy atom. The second kappa shape index (κ2) is 7.97. The number of aliphatic carboxylic acids is 1. The summed E-state index contributed by atoms with van der Waals surface area (Å²) < 4.78 is 35.5. The van der Waals surface area contributed by atoms with Crippen LogP contribution in [-0.2, 0) is 19.4 Å². The van der Waals surface area contributed by atoms with Crippen molar-refractivity contribution in [2.45, 2.75) is 40.5 Å². The number of phenolic OH excluding ortho intramolecular Hbond substituents is 1. The average Bonchev–Trinajstić information content (AvgIpc) is 2.69. The van der Waals surface area contributed by atoms with Gasteiger partial charge in [0.25, 0.3) is 0 Å². The summed E-state index contributed by atoms with van der Waals surface area (Å²) in [5.41, 5.74) is 0. The van der Waals surface area contributed by atoms with Crippen molar-refractivity contribution in [3.05, 3.63) is 48.5 Å². The first-order chi connectivity index (χ1) is 13.6. The highest BCUT2D eigenvalue weighted by atomic mass is 32.2. The number of hydrogen-bond acceptors (Lipinski definition) is 9. The molecular formula is C18H18O10S. The van der Waals surface area contributed by atoms with E-state index in [2.05, 4.69) is 0 Å². The van der Waals surface area contributed by atoms with Gasteiger partial charge >= 0.3 is 5.97 Å². The number of carboxylic acid groups (broad SMARTS) is 1. The molecule has 2 aromatic rings. The fourth-order valence-electron chi connectivity index (χ4n) is 2.74. The molecule has 3 unspecified atom stereocenters. The second-order valence-corrected chi connectivity index (χ2v) is 8.27. The highest BCUT2D eigenvalue weighted by Crippen LogP contribution is 2.27. The molecule has 156 valence electrons. The van der Waals surface area contributed by atoms with Gasteiger partial charge in [0, 0.05) is 0 Å². The molecule has 29 heavy (non-hydrogen) atoms. The van der Waals surface area contributed by atoms with Crippen molar-refractivity contribution in [2.75, 3.05) is 0 Å². The van der Waals surface area contributed by atoms with Crippen LogP contribution in [0.5, 0.6) is 11.5 Å². The molecule has 0 aliphatic carbocycles. The van der Waals surface area contributed by atoms with E-state index in [4.69, 9.17) is 14.6 Å². The number of hydrogen-bond donors (Lipinski definition) is 5. The molecule has 0 spiro atoms. The third-order valence-electron chi connectivity index (χ3n) is 4.35. The summed E-state index contributed by atoms with van der Waals surface area (Å²) in [6.45, 7) is 0. The van der Waals surface area contributed by atoms with Crippen molar-refractivity contribution in [3.63, 3.8) is 0 Å². The van der Waals surface area contributed by atoms with E-state index in [0.29, 0.717) is 0 Å². The summed E-state index contributed by atoms with van der Waals surface area (Å²) in [6, 6.07) is 9.96. The smallest absolute Gasteiger partial charge is 0.335 e. The predicted octanol–water partition coefficient (Wildman–Crippen LogP) is -0.504. The number of benzene rings is 2. The van der Waals surface area contributed by atoms with Crippen LogP contribution in [0.4, 0.5) is 0 Å². The molecule has 0 aromatic heterocycles. The molecule has 10 nitrogen and oxygen atoms in total. The summed E-state index contributed by atoms with van der Waals surface area (Å²) >= 11 is 0. The Hall–Kier alpha value is -2.70. The molecule has 0 radical (unpaired) electrons. The predicted molar refractivity (Wildman–Crippen MR) is 94.9 cm³/mol. The molecule has 1 fully saturated rings. The Kier molecular flexibility index (Phi) is 5.78. The quantitative estimate of drug-likeness (QED) is 0.420. The van der Waals surface area contributed by atoms with Gasteiger partial charge in [-0.25, -0.2) is 13.2 Å². The fraction of sp³-hybridized carbons (Fsp3) is 0.278. The van der Waals surface area contributed by atoms with E-state index in [1.807, 2.05) is 0 Å². The van der Waals surface area contributed by atoms with Crippen LogP contribution in [-0.4, -0.2) is 70.6 Å². The van der Waals surface area contributed by atoms with Crippen LogP contribution in [0.3, 0.4) is 0 Å². The number of ether oxygens (including phenoxy) is 2. The summed E-state index contributed by atoms with van der Waals surface area (Å²) in [7, 11) is -3.85. The highest BCUT2D eigenvalue weighted by molar-refractivity contribution is 7.91. The van der Waals surface area contributed by atoms with Crippen LogP contribution in [0.25, 0.3) is 0 Å². The lowest BCUT2D eigenvalue weighted by Crippen LogP contribution is -2.61. The zero-order chi connectivity index (χ0) is 21.3. The van der Waals surface area contributed by atoms with Gasteiger partial charge < -0.3 is 35.0 Å². The molecule has 11 heteroatoms. The van der Waals surface area contributed by atoms with E-state index in [9.17, 15) is 33.6 Å². The summed E-state index contributed by atoms with van der Waals surface area (Å²) in [4.78, 5) is 11.0. The van der Waals surface area contributed by atoms with Gasteiger partial charge in [-0.2, -0.15) is 0 Å². The Morgan fingerprint density at radius 2 is 1.38 bits per heavy atom. The minimum Gasteiger partial charge on any atom is -0.508 e. The van der Waals surface area contributed by atoms with E-state index in [0.717, 1.165) is 0 Å². The minimum absolute atomic E-state index is 0.0311. The van der Waals surface area contributed by atoms with Crippen LogP contribution in [0.2, 0.25) is 0 Å². The van der Waals surface area contributed by atoms with Crippen molar-refractivity contribution in [3.8, 4) is 11.5 Å². The van der Waals surface area contributed by atoms with Crippen LogP contribution in [0, 0.1) is 0 Å². The Balaban J connectivity index is 1.78. The zero-order valence-electron chi connectivity index (χ0n) is 14.7. The van der Waals surface area contributed by atoms with E-state index < -0.39 is 46.5 Å². The Labute approximate surface area is 165 Å². The first-order valence-electron chi connectivity index (χ1n) is 8.34. The number of aliphatic hydroxyl groups is 3. The van der Waals surface area contributed by atoms with Crippen molar-refractivity contribution in [1.82, 2.24) is 0 Å². The monoisotopic (exact) mass is 426 g/mol.